The van der Waals surface area contributed by atoms with Crippen molar-refractivity contribution >= 4 is 5.97 Å². The molecule has 100 valence electrons. The van der Waals surface area contributed by atoms with Crippen molar-refractivity contribution < 1.29 is 23.1 Å². The largest absolute Gasteiger partial charge is 0.518 e. The van der Waals surface area contributed by atoms with E-state index in [1.165, 1.54) is 12.5 Å². The average molecular weight is 256 g/mol. The molecule has 18 heavy (non-hydrogen) atoms. The van der Waals surface area contributed by atoms with E-state index in [-0.39, 0.29) is 12.1 Å². The molecule has 0 saturated carbocycles. The van der Waals surface area contributed by atoms with E-state index >= 15 is 0 Å². The van der Waals surface area contributed by atoms with Crippen molar-refractivity contribution in [1.82, 2.24) is 0 Å². The minimum Gasteiger partial charge on any atom is -0.460 e. The predicted molar refractivity (Wildman–Crippen MR) is 62.0 cm³/mol. The summed E-state index contributed by atoms with van der Waals surface area (Å²) in [5, 5.41) is 0. The van der Waals surface area contributed by atoms with E-state index in [1.807, 2.05) is 0 Å². The van der Waals surface area contributed by atoms with Crippen LogP contribution in [-0.4, -0.2) is 25.3 Å². The molecule has 0 spiro atoms. The van der Waals surface area contributed by atoms with Gasteiger partial charge in [-0.05, 0) is 19.8 Å². The third-order valence-corrected chi connectivity index (χ3v) is 2.16. The summed E-state index contributed by atoms with van der Waals surface area (Å²) in [6.07, 6.45) is 4.52. The monoisotopic (exact) mass is 256 g/mol. The average Bonchev–Trinajstić information content (AvgIpc) is 2.99. The number of esters is 1. The van der Waals surface area contributed by atoms with Crippen molar-refractivity contribution in [3.05, 3.63) is 35.3 Å². The van der Waals surface area contributed by atoms with Gasteiger partial charge in [0.25, 0.3) is 0 Å². The maximum absolute atomic E-state index is 10.9. The van der Waals surface area contributed by atoms with Crippen molar-refractivity contribution in [2.75, 3.05) is 13.2 Å². The minimum atomic E-state index is -0.657. The highest BCUT2D eigenvalue weighted by Gasteiger charge is 2.17. The van der Waals surface area contributed by atoms with E-state index in [4.69, 9.17) is 9.47 Å². The first-order valence-corrected chi connectivity index (χ1v) is 5.56. The lowest BCUT2D eigenvalue weighted by atomic mass is 10.2. The zero-order valence-electron chi connectivity index (χ0n) is 10.2. The van der Waals surface area contributed by atoms with Gasteiger partial charge in [0, 0.05) is 12.2 Å². The summed E-state index contributed by atoms with van der Waals surface area (Å²) in [7, 11) is 0. The fourth-order valence-electron chi connectivity index (χ4n) is 1.26. The van der Waals surface area contributed by atoms with E-state index in [0.29, 0.717) is 12.2 Å². The Bertz CT molecular complexity index is 407. The van der Waals surface area contributed by atoms with Crippen LogP contribution in [0.1, 0.15) is 19.8 Å². The van der Waals surface area contributed by atoms with E-state index < -0.39 is 5.82 Å². The van der Waals surface area contributed by atoms with Gasteiger partial charge in [-0.15, -0.1) is 0 Å². The zero-order valence-corrected chi connectivity index (χ0v) is 10.2. The third-order valence-electron chi connectivity index (χ3n) is 2.16. The second kappa shape index (κ2) is 7.50. The lowest BCUT2D eigenvalue weighted by Crippen LogP contribution is -2.17. The summed E-state index contributed by atoms with van der Waals surface area (Å²) in [5.41, 5.74) is 0.438. The van der Waals surface area contributed by atoms with Crippen molar-refractivity contribution in [1.29, 1.82) is 0 Å². The van der Waals surface area contributed by atoms with Crippen LogP contribution in [0.3, 0.4) is 0 Å². The van der Waals surface area contributed by atoms with Crippen molar-refractivity contribution in [2.24, 2.45) is 0 Å². The molecule has 1 aliphatic rings. The molecular weight excluding hydrogens is 240 g/mol. The fraction of sp³-hybridized carbons (Fsp3) is 0.500. The molecule has 1 aromatic rings. The van der Waals surface area contributed by atoms with Crippen LogP contribution >= 0.6 is 0 Å². The third kappa shape index (κ3) is 5.49. The standard InChI is InChI=1S/C9H14O3.C3H2O3/c1-7(2)9(10)12-6-8-4-3-5-11-8;4-3-5-1-2-6-3/h8H,1,3-6H2,2H3;1-2H. The fourth-order valence-corrected chi connectivity index (χ4v) is 1.26. The molecule has 0 aromatic carbocycles. The van der Waals surface area contributed by atoms with Crippen molar-refractivity contribution in [2.45, 2.75) is 25.9 Å². The molecule has 2 heterocycles. The number of hydrogen-bond donors (Lipinski definition) is 0. The van der Waals surface area contributed by atoms with Gasteiger partial charge in [-0.25, -0.2) is 9.59 Å². The highest BCUT2D eigenvalue weighted by Crippen LogP contribution is 2.12. The molecule has 1 aliphatic heterocycles. The van der Waals surface area contributed by atoms with Gasteiger partial charge in [-0.1, -0.05) is 6.58 Å². The molecule has 0 N–H and O–H groups in total. The molecule has 6 heteroatoms. The smallest absolute Gasteiger partial charge is 0.460 e. The lowest BCUT2D eigenvalue weighted by Gasteiger charge is -2.09. The van der Waals surface area contributed by atoms with E-state index in [9.17, 15) is 9.59 Å². The second-order valence-corrected chi connectivity index (χ2v) is 3.77. The van der Waals surface area contributed by atoms with Crippen molar-refractivity contribution in [3.63, 3.8) is 0 Å². The van der Waals surface area contributed by atoms with Crippen LogP contribution in [0.2, 0.25) is 0 Å². The summed E-state index contributed by atoms with van der Waals surface area (Å²) >= 11 is 0. The molecule has 2 rings (SSSR count). The van der Waals surface area contributed by atoms with Gasteiger partial charge in [0.2, 0.25) is 0 Å². The van der Waals surface area contributed by atoms with Gasteiger partial charge in [0.15, 0.2) is 0 Å². The summed E-state index contributed by atoms with van der Waals surface area (Å²) in [5.74, 6) is -0.986. The molecule has 1 atom stereocenters. The molecular formula is C12H16O6. The summed E-state index contributed by atoms with van der Waals surface area (Å²) in [6.45, 7) is 6.28. The molecule has 1 saturated heterocycles. The Labute approximate surface area is 104 Å². The zero-order chi connectivity index (χ0) is 13.4. The molecule has 0 bridgehead atoms. The number of rotatable bonds is 3. The van der Waals surface area contributed by atoms with Crippen LogP contribution in [0.5, 0.6) is 0 Å². The van der Waals surface area contributed by atoms with Gasteiger partial charge in [0.1, 0.15) is 19.1 Å². The number of ether oxygens (including phenoxy) is 2. The van der Waals surface area contributed by atoms with Crippen molar-refractivity contribution in [3.8, 4) is 0 Å². The highest BCUT2D eigenvalue weighted by molar-refractivity contribution is 5.86. The maximum atomic E-state index is 10.9. The summed E-state index contributed by atoms with van der Waals surface area (Å²) in [4.78, 5) is 20.7. The van der Waals surface area contributed by atoms with Crippen LogP contribution in [0, 0.1) is 0 Å². The first-order chi connectivity index (χ1) is 8.59. The Balaban J connectivity index is 0.000000225. The van der Waals surface area contributed by atoms with Gasteiger partial charge < -0.3 is 18.3 Å². The van der Waals surface area contributed by atoms with Gasteiger partial charge in [0.05, 0.1) is 6.10 Å². The maximum Gasteiger partial charge on any atom is 0.518 e. The van der Waals surface area contributed by atoms with Gasteiger partial charge in [-0.3, -0.25) is 0 Å². The molecule has 0 radical (unpaired) electrons. The van der Waals surface area contributed by atoms with Crippen LogP contribution in [0.4, 0.5) is 0 Å². The van der Waals surface area contributed by atoms with Gasteiger partial charge in [-0.2, -0.15) is 0 Å². The Morgan fingerprint density at radius 1 is 1.50 bits per heavy atom. The highest BCUT2D eigenvalue weighted by atomic mass is 16.6. The minimum absolute atomic E-state index is 0.105. The Hall–Kier alpha value is -1.82. The Kier molecular flexibility index (Phi) is 5.93. The molecule has 0 aliphatic carbocycles. The first kappa shape index (κ1) is 14.2. The number of carbonyl (C=O) groups is 1. The summed E-state index contributed by atoms with van der Waals surface area (Å²) in [6, 6.07) is 0. The SMILES string of the molecule is C=C(C)C(=O)OCC1CCCO1.O=c1occo1. The topological polar surface area (TPSA) is 78.9 Å². The normalized spacial score (nSPS) is 17.7. The number of carbonyl (C=O) groups excluding carboxylic acids is 1. The molecule has 1 aromatic heterocycles. The Morgan fingerprint density at radius 3 is 2.56 bits per heavy atom. The van der Waals surface area contributed by atoms with Crippen LogP contribution < -0.4 is 5.82 Å². The van der Waals surface area contributed by atoms with Crippen LogP contribution in [-0.2, 0) is 14.3 Å². The van der Waals surface area contributed by atoms with Crippen LogP contribution in [0.25, 0.3) is 0 Å². The molecule has 0 amide bonds. The van der Waals surface area contributed by atoms with E-state index in [0.717, 1.165) is 19.4 Å². The molecule has 6 nitrogen and oxygen atoms in total. The quantitative estimate of drug-likeness (QED) is 0.602. The Morgan fingerprint density at radius 2 is 2.17 bits per heavy atom. The first-order valence-electron chi connectivity index (χ1n) is 5.56. The van der Waals surface area contributed by atoms with Gasteiger partial charge >= 0.3 is 11.8 Å². The lowest BCUT2D eigenvalue weighted by molar-refractivity contribution is -0.142. The number of hydrogen-bond acceptors (Lipinski definition) is 6. The predicted octanol–water partition coefficient (Wildman–Crippen LogP) is 1.52. The molecule has 1 fully saturated rings. The van der Waals surface area contributed by atoms with E-state index in [1.54, 1.807) is 6.92 Å². The summed E-state index contributed by atoms with van der Waals surface area (Å²) < 4.78 is 18.4. The van der Waals surface area contributed by atoms with E-state index in [2.05, 4.69) is 15.4 Å². The molecule has 1 unspecified atom stereocenters. The van der Waals surface area contributed by atoms with Crippen LogP contribution in [0.15, 0.2) is 38.3 Å². The second-order valence-electron chi connectivity index (χ2n) is 3.77.